The first kappa shape index (κ1) is 21.1. The Balaban J connectivity index is 1.83. The number of amides is 1. The Morgan fingerprint density at radius 1 is 1.19 bits per heavy atom. The van der Waals surface area contributed by atoms with Gasteiger partial charge in [-0.2, -0.15) is 0 Å². The zero-order valence-electron chi connectivity index (χ0n) is 16.2. The number of furan rings is 1. The highest BCUT2D eigenvalue weighted by molar-refractivity contribution is 7.89. The van der Waals surface area contributed by atoms with E-state index in [1.165, 1.54) is 0 Å². The number of nitrogens with zero attached hydrogens (tertiary/aromatic N) is 1. The standard InChI is InChI=1S/C19H27N3O4S/c1-14-7-8-16(12-15(14)2)27(24,25)21-10-9-19(23)20-13-17(22(3)4)18-6-5-11-26-18/h5-8,11-12,17,21H,9-10,13H2,1-4H3,(H,20,23). The Hall–Kier alpha value is -2.16. The van der Waals surface area contributed by atoms with Crippen LogP contribution in [0.4, 0.5) is 0 Å². The molecule has 0 saturated carbocycles. The highest BCUT2D eigenvalue weighted by atomic mass is 32.2. The summed E-state index contributed by atoms with van der Waals surface area (Å²) in [6.07, 6.45) is 1.65. The second kappa shape index (κ2) is 9.16. The zero-order valence-corrected chi connectivity index (χ0v) is 17.0. The number of carbonyl (C=O) groups excluding carboxylic acids is 1. The van der Waals surface area contributed by atoms with Crippen LogP contribution in [0.2, 0.25) is 0 Å². The quantitative estimate of drug-likeness (QED) is 0.680. The molecule has 1 aromatic carbocycles. The lowest BCUT2D eigenvalue weighted by Gasteiger charge is -2.22. The third-order valence-corrected chi connectivity index (χ3v) is 5.88. The van der Waals surface area contributed by atoms with Crippen molar-refractivity contribution in [1.82, 2.24) is 14.9 Å². The van der Waals surface area contributed by atoms with Crippen LogP contribution in [0.15, 0.2) is 45.9 Å². The van der Waals surface area contributed by atoms with Gasteiger partial charge in [0.05, 0.1) is 17.2 Å². The largest absolute Gasteiger partial charge is 0.468 e. The molecule has 0 saturated heterocycles. The van der Waals surface area contributed by atoms with Crippen molar-refractivity contribution in [3.8, 4) is 0 Å². The molecule has 0 spiro atoms. The van der Waals surface area contributed by atoms with Gasteiger partial charge in [-0.15, -0.1) is 0 Å². The lowest BCUT2D eigenvalue weighted by molar-refractivity contribution is -0.121. The van der Waals surface area contributed by atoms with Crippen LogP contribution in [0.5, 0.6) is 0 Å². The van der Waals surface area contributed by atoms with Gasteiger partial charge in [0.1, 0.15) is 5.76 Å². The third kappa shape index (κ3) is 5.92. The van der Waals surface area contributed by atoms with E-state index in [-0.39, 0.29) is 29.8 Å². The SMILES string of the molecule is Cc1ccc(S(=O)(=O)NCCC(=O)NCC(c2ccco2)N(C)C)cc1C. The van der Waals surface area contributed by atoms with Crippen molar-refractivity contribution in [3.63, 3.8) is 0 Å². The molecule has 1 aromatic heterocycles. The van der Waals surface area contributed by atoms with Crippen LogP contribution < -0.4 is 10.0 Å². The lowest BCUT2D eigenvalue weighted by Crippen LogP contribution is -2.36. The van der Waals surface area contributed by atoms with Crippen LogP contribution in [0.3, 0.4) is 0 Å². The maximum Gasteiger partial charge on any atom is 0.240 e. The average Bonchev–Trinajstić information content (AvgIpc) is 3.11. The summed E-state index contributed by atoms with van der Waals surface area (Å²) in [5, 5.41) is 2.82. The first-order chi connectivity index (χ1) is 12.7. The summed E-state index contributed by atoms with van der Waals surface area (Å²) >= 11 is 0. The Morgan fingerprint density at radius 3 is 2.52 bits per heavy atom. The maximum atomic E-state index is 12.3. The van der Waals surface area contributed by atoms with Crippen LogP contribution in [0, 0.1) is 13.8 Å². The predicted octanol–water partition coefficient (Wildman–Crippen LogP) is 1.98. The van der Waals surface area contributed by atoms with Crippen molar-refractivity contribution >= 4 is 15.9 Å². The molecule has 8 heteroatoms. The zero-order chi connectivity index (χ0) is 20.0. The molecule has 0 aliphatic carbocycles. The second-order valence-corrected chi connectivity index (χ2v) is 8.46. The highest BCUT2D eigenvalue weighted by Crippen LogP contribution is 2.17. The molecule has 148 valence electrons. The van der Waals surface area contributed by atoms with E-state index in [2.05, 4.69) is 10.0 Å². The minimum Gasteiger partial charge on any atom is -0.468 e. The Bertz CT molecular complexity index is 861. The molecule has 0 aliphatic rings. The van der Waals surface area contributed by atoms with Gasteiger partial charge < -0.3 is 9.73 Å². The van der Waals surface area contributed by atoms with Crippen LogP contribution in [-0.4, -0.2) is 46.4 Å². The number of hydrogen-bond acceptors (Lipinski definition) is 5. The Labute approximate surface area is 160 Å². The van der Waals surface area contributed by atoms with E-state index in [9.17, 15) is 13.2 Å². The van der Waals surface area contributed by atoms with E-state index in [1.807, 2.05) is 38.9 Å². The molecular weight excluding hydrogens is 366 g/mol. The van der Waals surface area contributed by atoms with Crippen molar-refractivity contribution in [1.29, 1.82) is 0 Å². The second-order valence-electron chi connectivity index (χ2n) is 6.69. The molecule has 0 fully saturated rings. The fourth-order valence-electron chi connectivity index (χ4n) is 2.58. The van der Waals surface area contributed by atoms with Crippen LogP contribution in [0.1, 0.15) is 29.3 Å². The molecule has 0 aliphatic heterocycles. The van der Waals surface area contributed by atoms with Crippen LogP contribution in [-0.2, 0) is 14.8 Å². The first-order valence-corrected chi connectivity index (χ1v) is 10.2. The molecule has 1 heterocycles. The number of hydrogen-bond donors (Lipinski definition) is 2. The minimum atomic E-state index is -3.63. The van der Waals surface area contributed by atoms with Gasteiger partial charge in [0.25, 0.3) is 0 Å². The predicted molar refractivity (Wildman–Crippen MR) is 104 cm³/mol. The summed E-state index contributed by atoms with van der Waals surface area (Å²) in [6.45, 7) is 4.20. The van der Waals surface area contributed by atoms with Crippen molar-refractivity contribution in [3.05, 3.63) is 53.5 Å². The number of aryl methyl sites for hydroxylation is 2. The molecule has 0 radical (unpaired) electrons. The fourth-order valence-corrected chi connectivity index (χ4v) is 3.70. The molecule has 2 N–H and O–H groups in total. The van der Waals surface area contributed by atoms with Gasteiger partial charge in [0.15, 0.2) is 0 Å². The molecule has 0 bridgehead atoms. The summed E-state index contributed by atoms with van der Waals surface area (Å²) in [5.41, 5.74) is 1.93. The van der Waals surface area contributed by atoms with E-state index >= 15 is 0 Å². The van der Waals surface area contributed by atoms with Gasteiger partial charge in [-0.25, -0.2) is 13.1 Å². The molecule has 1 atom stereocenters. The minimum absolute atomic E-state index is 0.0362. The van der Waals surface area contributed by atoms with Crippen LogP contribution >= 0.6 is 0 Å². The molecule has 2 aromatic rings. The lowest BCUT2D eigenvalue weighted by atomic mass is 10.1. The summed E-state index contributed by atoms with van der Waals surface area (Å²) in [6, 6.07) is 8.53. The van der Waals surface area contributed by atoms with Gasteiger partial charge in [-0.3, -0.25) is 9.69 Å². The van der Waals surface area contributed by atoms with Crippen molar-refractivity contribution in [2.75, 3.05) is 27.2 Å². The van der Waals surface area contributed by atoms with Crippen LogP contribution in [0.25, 0.3) is 0 Å². The maximum absolute atomic E-state index is 12.3. The smallest absolute Gasteiger partial charge is 0.240 e. The molecule has 7 nitrogen and oxygen atoms in total. The van der Waals surface area contributed by atoms with E-state index in [4.69, 9.17) is 4.42 Å². The summed E-state index contributed by atoms with van der Waals surface area (Å²) in [5.74, 6) is 0.534. The third-order valence-electron chi connectivity index (χ3n) is 4.42. The number of benzene rings is 1. The van der Waals surface area contributed by atoms with Crippen molar-refractivity contribution in [2.45, 2.75) is 31.2 Å². The van der Waals surface area contributed by atoms with E-state index < -0.39 is 10.0 Å². The van der Waals surface area contributed by atoms with E-state index in [1.54, 1.807) is 30.5 Å². The molecule has 1 amide bonds. The Kier molecular flexibility index (Phi) is 7.18. The number of sulfonamides is 1. The molecule has 2 rings (SSSR count). The first-order valence-electron chi connectivity index (χ1n) is 8.74. The van der Waals surface area contributed by atoms with Gasteiger partial charge in [-0.05, 0) is 63.3 Å². The summed E-state index contributed by atoms with van der Waals surface area (Å²) < 4.78 is 32.5. The summed E-state index contributed by atoms with van der Waals surface area (Å²) in [4.78, 5) is 14.2. The molecular formula is C19H27N3O4S. The molecule has 1 unspecified atom stereocenters. The Morgan fingerprint density at radius 2 is 1.93 bits per heavy atom. The normalized spacial score (nSPS) is 12.9. The monoisotopic (exact) mass is 393 g/mol. The van der Waals surface area contributed by atoms with Gasteiger partial charge in [0, 0.05) is 19.5 Å². The van der Waals surface area contributed by atoms with Gasteiger partial charge >= 0.3 is 0 Å². The number of carbonyl (C=O) groups is 1. The molecule has 27 heavy (non-hydrogen) atoms. The summed E-state index contributed by atoms with van der Waals surface area (Å²) in [7, 11) is 0.171. The van der Waals surface area contributed by atoms with Crippen molar-refractivity contribution < 1.29 is 17.6 Å². The number of nitrogens with one attached hydrogen (secondary N) is 2. The number of likely N-dealkylation sites (N-methyl/N-ethyl adjacent to an activating group) is 1. The topological polar surface area (TPSA) is 91.6 Å². The van der Waals surface area contributed by atoms with Crippen molar-refractivity contribution in [2.24, 2.45) is 0 Å². The number of rotatable bonds is 9. The van der Waals surface area contributed by atoms with E-state index in [0.29, 0.717) is 6.54 Å². The fraction of sp³-hybridized carbons (Fsp3) is 0.421. The van der Waals surface area contributed by atoms with E-state index in [0.717, 1.165) is 16.9 Å². The van der Waals surface area contributed by atoms with Gasteiger partial charge in [-0.1, -0.05) is 6.07 Å². The highest BCUT2D eigenvalue weighted by Gasteiger charge is 2.18. The van der Waals surface area contributed by atoms with Gasteiger partial charge in [0.2, 0.25) is 15.9 Å². The average molecular weight is 394 g/mol.